The molecular weight excluding hydrogens is 236 g/mol. The van der Waals surface area contributed by atoms with Crippen molar-refractivity contribution in [1.29, 1.82) is 0 Å². The van der Waals surface area contributed by atoms with E-state index in [0.29, 0.717) is 23.5 Å². The number of nitrogens with one attached hydrogen (secondary N) is 1. The molecule has 2 heterocycles. The van der Waals surface area contributed by atoms with Gasteiger partial charge >= 0.3 is 0 Å². The number of piperazine rings is 1. The molecule has 4 atom stereocenters. The van der Waals surface area contributed by atoms with E-state index >= 15 is 0 Å². The zero-order valence-electron chi connectivity index (χ0n) is 13.4. The van der Waals surface area contributed by atoms with Crippen LogP contribution in [-0.4, -0.2) is 49.3 Å². The molecule has 19 heavy (non-hydrogen) atoms. The summed E-state index contributed by atoms with van der Waals surface area (Å²) in [4.78, 5) is 2.76. The van der Waals surface area contributed by atoms with Gasteiger partial charge in [0, 0.05) is 37.8 Å². The summed E-state index contributed by atoms with van der Waals surface area (Å²) in [7, 11) is 0. The third-order valence-electron chi connectivity index (χ3n) is 5.15. The SMILES string of the molecule is CCC1CNC(C(C)(C)C)CN1C(C)C1CCOC1. The average Bonchev–Trinajstić information content (AvgIpc) is 2.90. The van der Waals surface area contributed by atoms with Gasteiger partial charge in [-0.05, 0) is 31.1 Å². The third-order valence-corrected chi connectivity index (χ3v) is 5.15. The Bertz CT molecular complexity index is 281. The summed E-state index contributed by atoms with van der Waals surface area (Å²) in [5.41, 5.74) is 0.336. The second-order valence-corrected chi connectivity index (χ2v) is 7.45. The molecule has 3 heteroatoms. The van der Waals surface area contributed by atoms with Gasteiger partial charge in [-0.3, -0.25) is 4.90 Å². The molecule has 0 aromatic rings. The third kappa shape index (κ3) is 3.50. The Hall–Kier alpha value is -0.120. The first-order chi connectivity index (χ1) is 8.93. The minimum atomic E-state index is 0.336. The van der Waals surface area contributed by atoms with Crippen LogP contribution in [0.4, 0.5) is 0 Å². The van der Waals surface area contributed by atoms with E-state index in [1.807, 2.05) is 0 Å². The van der Waals surface area contributed by atoms with Gasteiger partial charge < -0.3 is 10.1 Å². The molecule has 2 rings (SSSR count). The van der Waals surface area contributed by atoms with Crippen molar-refractivity contribution in [2.45, 2.75) is 65.6 Å². The van der Waals surface area contributed by atoms with Crippen LogP contribution < -0.4 is 5.32 Å². The maximum absolute atomic E-state index is 5.59. The minimum absolute atomic E-state index is 0.336. The molecular formula is C16H32N2O. The fourth-order valence-corrected chi connectivity index (χ4v) is 3.48. The maximum Gasteiger partial charge on any atom is 0.0509 e. The highest BCUT2D eigenvalue weighted by Crippen LogP contribution is 2.29. The average molecular weight is 268 g/mol. The first kappa shape index (κ1) is 15.3. The van der Waals surface area contributed by atoms with Crippen molar-refractivity contribution in [1.82, 2.24) is 10.2 Å². The van der Waals surface area contributed by atoms with E-state index in [4.69, 9.17) is 4.74 Å². The monoisotopic (exact) mass is 268 g/mol. The van der Waals surface area contributed by atoms with E-state index in [-0.39, 0.29) is 0 Å². The lowest BCUT2D eigenvalue weighted by Crippen LogP contribution is -2.63. The van der Waals surface area contributed by atoms with Crippen molar-refractivity contribution in [2.24, 2.45) is 11.3 Å². The lowest BCUT2D eigenvalue weighted by atomic mass is 9.83. The summed E-state index contributed by atoms with van der Waals surface area (Å²) in [5, 5.41) is 3.76. The predicted octanol–water partition coefficient (Wildman–Crippen LogP) is 2.51. The Morgan fingerprint density at radius 1 is 1.37 bits per heavy atom. The standard InChI is InChI=1S/C16H32N2O/c1-6-14-9-17-15(16(3,4)5)10-18(14)12(2)13-7-8-19-11-13/h12-15,17H,6-11H2,1-5H3. The summed E-state index contributed by atoms with van der Waals surface area (Å²) in [6.07, 6.45) is 2.48. The van der Waals surface area contributed by atoms with Gasteiger partial charge in [0.1, 0.15) is 0 Å². The summed E-state index contributed by atoms with van der Waals surface area (Å²) in [6.45, 7) is 16.0. The normalized spacial score (nSPS) is 35.5. The van der Waals surface area contributed by atoms with E-state index in [9.17, 15) is 0 Å². The number of nitrogens with zero attached hydrogens (tertiary/aromatic N) is 1. The van der Waals surface area contributed by atoms with Crippen LogP contribution in [0, 0.1) is 11.3 Å². The van der Waals surface area contributed by atoms with Crippen LogP contribution in [0.3, 0.4) is 0 Å². The van der Waals surface area contributed by atoms with E-state index < -0.39 is 0 Å². The molecule has 0 aromatic heterocycles. The van der Waals surface area contributed by atoms with Crippen LogP contribution >= 0.6 is 0 Å². The highest BCUT2D eigenvalue weighted by Gasteiger charge is 2.38. The van der Waals surface area contributed by atoms with Crippen LogP contribution in [0.1, 0.15) is 47.5 Å². The topological polar surface area (TPSA) is 24.5 Å². The molecule has 0 aliphatic carbocycles. The van der Waals surface area contributed by atoms with Gasteiger partial charge in [0.25, 0.3) is 0 Å². The summed E-state index contributed by atoms with van der Waals surface area (Å²) in [6, 6.07) is 1.94. The van der Waals surface area contributed by atoms with Gasteiger partial charge in [-0.2, -0.15) is 0 Å². The predicted molar refractivity (Wildman–Crippen MR) is 80.4 cm³/mol. The van der Waals surface area contributed by atoms with Crippen molar-refractivity contribution in [3.05, 3.63) is 0 Å². The number of hydrogen-bond acceptors (Lipinski definition) is 3. The fraction of sp³-hybridized carbons (Fsp3) is 1.00. The highest BCUT2D eigenvalue weighted by atomic mass is 16.5. The highest BCUT2D eigenvalue weighted by molar-refractivity contribution is 4.94. The molecule has 0 spiro atoms. The summed E-state index contributed by atoms with van der Waals surface area (Å²) in [5.74, 6) is 0.729. The Balaban J connectivity index is 2.04. The first-order valence-corrected chi connectivity index (χ1v) is 8.00. The molecule has 2 saturated heterocycles. The Morgan fingerprint density at radius 2 is 2.11 bits per heavy atom. The van der Waals surface area contributed by atoms with Crippen LogP contribution in [0.25, 0.3) is 0 Å². The Labute approximate surface area is 119 Å². The largest absolute Gasteiger partial charge is 0.381 e. The van der Waals surface area contributed by atoms with Gasteiger partial charge in [-0.1, -0.05) is 27.7 Å². The van der Waals surface area contributed by atoms with Gasteiger partial charge in [0.2, 0.25) is 0 Å². The maximum atomic E-state index is 5.59. The summed E-state index contributed by atoms with van der Waals surface area (Å²) >= 11 is 0. The van der Waals surface area contributed by atoms with Crippen LogP contribution in [0.15, 0.2) is 0 Å². The molecule has 0 amide bonds. The van der Waals surface area contributed by atoms with Crippen molar-refractivity contribution < 1.29 is 4.74 Å². The van der Waals surface area contributed by atoms with Gasteiger partial charge in [0.15, 0.2) is 0 Å². The van der Waals surface area contributed by atoms with Crippen molar-refractivity contribution >= 4 is 0 Å². The van der Waals surface area contributed by atoms with Crippen molar-refractivity contribution in [3.63, 3.8) is 0 Å². The molecule has 2 aliphatic heterocycles. The molecule has 4 unspecified atom stereocenters. The van der Waals surface area contributed by atoms with Crippen LogP contribution in [0.2, 0.25) is 0 Å². The zero-order chi connectivity index (χ0) is 14.0. The van der Waals surface area contributed by atoms with E-state index in [0.717, 1.165) is 25.7 Å². The van der Waals surface area contributed by atoms with Crippen LogP contribution in [0.5, 0.6) is 0 Å². The molecule has 0 aromatic carbocycles. The van der Waals surface area contributed by atoms with Crippen molar-refractivity contribution in [3.8, 4) is 0 Å². The molecule has 2 aliphatic rings. The van der Waals surface area contributed by atoms with Crippen molar-refractivity contribution in [2.75, 3.05) is 26.3 Å². The lowest BCUT2D eigenvalue weighted by Gasteiger charge is -2.48. The van der Waals surface area contributed by atoms with Crippen LogP contribution in [-0.2, 0) is 4.74 Å². The Morgan fingerprint density at radius 3 is 2.63 bits per heavy atom. The quantitative estimate of drug-likeness (QED) is 0.851. The van der Waals surface area contributed by atoms with Gasteiger partial charge in [-0.15, -0.1) is 0 Å². The second kappa shape index (κ2) is 6.11. The molecule has 3 nitrogen and oxygen atoms in total. The summed E-state index contributed by atoms with van der Waals surface area (Å²) < 4.78 is 5.59. The number of rotatable bonds is 3. The lowest BCUT2D eigenvalue weighted by molar-refractivity contribution is 0.0289. The second-order valence-electron chi connectivity index (χ2n) is 7.45. The van der Waals surface area contributed by atoms with Gasteiger partial charge in [0.05, 0.1) is 6.61 Å². The molecule has 0 saturated carbocycles. The smallest absolute Gasteiger partial charge is 0.0509 e. The molecule has 1 N–H and O–H groups in total. The number of hydrogen-bond donors (Lipinski definition) is 1. The zero-order valence-corrected chi connectivity index (χ0v) is 13.4. The van der Waals surface area contributed by atoms with Gasteiger partial charge in [-0.25, -0.2) is 0 Å². The molecule has 112 valence electrons. The molecule has 0 bridgehead atoms. The Kier molecular flexibility index (Phi) is 4.91. The minimum Gasteiger partial charge on any atom is -0.381 e. The molecule has 2 fully saturated rings. The van der Waals surface area contributed by atoms with E-state index in [1.54, 1.807) is 0 Å². The van der Waals surface area contributed by atoms with E-state index in [2.05, 4.69) is 44.8 Å². The number of ether oxygens (including phenoxy) is 1. The first-order valence-electron chi connectivity index (χ1n) is 8.00. The molecule has 0 radical (unpaired) electrons. The fourth-order valence-electron chi connectivity index (χ4n) is 3.48. The van der Waals surface area contributed by atoms with E-state index in [1.165, 1.54) is 19.4 Å².